The number of hydrogen-bond donors (Lipinski definition) is 2. The standard InChI is InChI=1S/C15H17N3O/c16-10-13-6-8-14(17-11-13)18-15(19)9-7-12-4-2-1-3-5-12/h1-6,8,11H,7,9-10,16H2,(H,17,18,19). The molecule has 0 radical (unpaired) electrons. The van der Waals surface area contributed by atoms with Crippen molar-refractivity contribution in [1.82, 2.24) is 4.98 Å². The van der Waals surface area contributed by atoms with Crippen LogP contribution in [0.5, 0.6) is 0 Å². The number of amides is 1. The molecule has 0 aliphatic heterocycles. The number of aromatic nitrogens is 1. The largest absolute Gasteiger partial charge is 0.326 e. The first-order valence-corrected chi connectivity index (χ1v) is 6.26. The van der Waals surface area contributed by atoms with E-state index in [4.69, 9.17) is 5.73 Å². The summed E-state index contributed by atoms with van der Waals surface area (Å²) < 4.78 is 0. The number of nitrogens with zero attached hydrogens (tertiary/aromatic N) is 1. The minimum atomic E-state index is -0.0307. The first-order chi connectivity index (χ1) is 9.28. The second kappa shape index (κ2) is 6.66. The van der Waals surface area contributed by atoms with Crippen molar-refractivity contribution in [2.75, 3.05) is 5.32 Å². The highest BCUT2D eigenvalue weighted by molar-refractivity contribution is 5.89. The molecule has 4 nitrogen and oxygen atoms in total. The Bertz CT molecular complexity index is 523. The van der Waals surface area contributed by atoms with E-state index >= 15 is 0 Å². The number of carbonyl (C=O) groups excluding carboxylic acids is 1. The lowest BCUT2D eigenvalue weighted by Crippen LogP contribution is -2.13. The van der Waals surface area contributed by atoms with Crippen molar-refractivity contribution >= 4 is 11.7 Å². The number of nitrogens with two attached hydrogens (primary N) is 1. The highest BCUT2D eigenvalue weighted by atomic mass is 16.1. The Morgan fingerprint density at radius 2 is 1.89 bits per heavy atom. The predicted octanol–water partition coefficient (Wildman–Crippen LogP) is 2.11. The van der Waals surface area contributed by atoms with Crippen molar-refractivity contribution in [1.29, 1.82) is 0 Å². The number of hydrogen-bond acceptors (Lipinski definition) is 3. The number of benzene rings is 1. The van der Waals surface area contributed by atoms with Gasteiger partial charge in [0.1, 0.15) is 5.82 Å². The molecule has 2 rings (SSSR count). The molecule has 4 heteroatoms. The second-order valence-electron chi connectivity index (χ2n) is 4.29. The van der Waals surface area contributed by atoms with Crippen molar-refractivity contribution in [2.45, 2.75) is 19.4 Å². The van der Waals surface area contributed by atoms with Gasteiger partial charge in [0.25, 0.3) is 0 Å². The Hall–Kier alpha value is -2.20. The Morgan fingerprint density at radius 3 is 2.53 bits per heavy atom. The molecule has 1 amide bonds. The van der Waals surface area contributed by atoms with Crippen molar-refractivity contribution in [2.24, 2.45) is 5.73 Å². The molecular formula is C15H17N3O. The summed E-state index contributed by atoms with van der Waals surface area (Å²) in [4.78, 5) is 15.9. The molecule has 3 N–H and O–H groups in total. The molecule has 0 spiro atoms. The van der Waals surface area contributed by atoms with Crippen LogP contribution in [0.4, 0.5) is 5.82 Å². The maximum absolute atomic E-state index is 11.8. The minimum Gasteiger partial charge on any atom is -0.326 e. The maximum Gasteiger partial charge on any atom is 0.225 e. The van der Waals surface area contributed by atoms with Gasteiger partial charge in [-0.15, -0.1) is 0 Å². The van der Waals surface area contributed by atoms with E-state index in [1.54, 1.807) is 12.3 Å². The van der Waals surface area contributed by atoms with Gasteiger partial charge in [-0.2, -0.15) is 0 Å². The lowest BCUT2D eigenvalue weighted by molar-refractivity contribution is -0.116. The number of carbonyl (C=O) groups is 1. The van der Waals surface area contributed by atoms with Gasteiger partial charge >= 0.3 is 0 Å². The van der Waals surface area contributed by atoms with Crippen LogP contribution in [0.25, 0.3) is 0 Å². The zero-order valence-corrected chi connectivity index (χ0v) is 10.7. The minimum absolute atomic E-state index is 0.0307. The summed E-state index contributed by atoms with van der Waals surface area (Å²) in [6, 6.07) is 13.6. The third-order valence-corrected chi connectivity index (χ3v) is 2.81. The number of pyridine rings is 1. The molecule has 0 aliphatic rings. The summed E-state index contributed by atoms with van der Waals surface area (Å²) in [5, 5.41) is 2.77. The van der Waals surface area contributed by atoms with Crippen LogP contribution in [0.3, 0.4) is 0 Å². The van der Waals surface area contributed by atoms with Crippen LogP contribution in [0.2, 0.25) is 0 Å². The van der Waals surface area contributed by atoms with Crippen molar-refractivity contribution in [3.05, 3.63) is 59.8 Å². The van der Waals surface area contributed by atoms with E-state index in [0.717, 1.165) is 17.5 Å². The van der Waals surface area contributed by atoms with E-state index in [2.05, 4.69) is 10.3 Å². The van der Waals surface area contributed by atoms with Crippen molar-refractivity contribution in [3.8, 4) is 0 Å². The molecule has 19 heavy (non-hydrogen) atoms. The van der Waals surface area contributed by atoms with Gasteiger partial charge in [0.05, 0.1) is 0 Å². The van der Waals surface area contributed by atoms with Gasteiger partial charge in [0.15, 0.2) is 0 Å². The number of rotatable bonds is 5. The molecule has 1 aromatic heterocycles. The van der Waals surface area contributed by atoms with Gasteiger partial charge < -0.3 is 11.1 Å². The van der Waals surface area contributed by atoms with E-state index < -0.39 is 0 Å². The summed E-state index contributed by atoms with van der Waals surface area (Å²) in [7, 11) is 0. The summed E-state index contributed by atoms with van der Waals surface area (Å²) in [6.45, 7) is 0.454. The van der Waals surface area contributed by atoms with Gasteiger partial charge in [0.2, 0.25) is 5.91 Å². The third-order valence-electron chi connectivity index (χ3n) is 2.81. The summed E-state index contributed by atoms with van der Waals surface area (Å²) in [6.07, 6.45) is 2.85. The fourth-order valence-corrected chi connectivity index (χ4v) is 1.73. The molecule has 0 saturated heterocycles. The average molecular weight is 255 g/mol. The summed E-state index contributed by atoms with van der Waals surface area (Å²) in [5.74, 6) is 0.534. The van der Waals surface area contributed by atoms with Gasteiger partial charge in [-0.3, -0.25) is 4.79 Å². The number of aryl methyl sites for hydroxylation is 1. The zero-order valence-electron chi connectivity index (χ0n) is 10.7. The molecule has 0 saturated carbocycles. The van der Waals surface area contributed by atoms with Crippen LogP contribution in [0.1, 0.15) is 17.5 Å². The Labute approximate surface area is 112 Å². The third kappa shape index (κ3) is 4.19. The number of anilines is 1. The van der Waals surface area contributed by atoms with Crippen molar-refractivity contribution < 1.29 is 4.79 Å². The first kappa shape index (κ1) is 13.2. The van der Waals surface area contributed by atoms with E-state index in [1.165, 1.54) is 0 Å². The smallest absolute Gasteiger partial charge is 0.225 e. The molecule has 0 bridgehead atoms. The van der Waals surface area contributed by atoms with E-state index in [-0.39, 0.29) is 5.91 Å². The number of nitrogens with one attached hydrogen (secondary N) is 1. The monoisotopic (exact) mass is 255 g/mol. The normalized spacial score (nSPS) is 10.2. The van der Waals surface area contributed by atoms with Crippen LogP contribution in [0, 0.1) is 0 Å². The SMILES string of the molecule is NCc1ccc(NC(=O)CCc2ccccc2)nc1. The zero-order chi connectivity index (χ0) is 13.5. The van der Waals surface area contributed by atoms with Crippen LogP contribution in [0.15, 0.2) is 48.7 Å². The lowest BCUT2D eigenvalue weighted by atomic mass is 10.1. The van der Waals surface area contributed by atoms with Gasteiger partial charge in [-0.25, -0.2) is 4.98 Å². The highest BCUT2D eigenvalue weighted by Crippen LogP contribution is 2.07. The van der Waals surface area contributed by atoms with E-state index in [0.29, 0.717) is 18.8 Å². The molecular weight excluding hydrogens is 238 g/mol. The molecule has 1 aromatic carbocycles. The molecule has 0 atom stereocenters. The van der Waals surface area contributed by atoms with Gasteiger partial charge in [-0.1, -0.05) is 36.4 Å². The topological polar surface area (TPSA) is 68.0 Å². The maximum atomic E-state index is 11.8. The summed E-state index contributed by atoms with van der Waals surface area (Å²) in [5.41, 5.74) is 7.59. The molecule has 0 fully saturated rings. The van der Waals surface area contributed by atoms with Crippen LogP contribution in [-0.4, -0.2) is 10.9 Å². The fourth-order valence-electron chi connectivity index (χ4n) is 1.73. The van der Waals surface area contributed by atoms with Gasteiger partial charge in [0, 0.05) is 19.2 Å². The fraction of sp³-hybridized carbons (Fsp3) is 0.200. The molecule has 0 unspecified atom stereocenters. The quantitative estimate of drug-likeness (QED) is 0.859. The molecule has 98 valence electrons. The van der Waals surface area contributed by atoms with Crippen LogP contribution < -0.4 is 11.1 Å². The van der Waals surface area contributed by atoms with Crippen LogP contribution in [-0.2, 0) is 17.8 Å². The molecule has 2 aromatic rings. The summed E-state index contributed by atoms with van der Waals surface area (Å²) >= 11 is 0. The van der Waals surface area contributed by atoms with E-state index in [1.807, 2.05) is 36.4 Å². The first-order valence-electron chi connectivity index (χ1n) is 6.26. The van der Waals surface area contributed by atoms with Gasteiger partial charge in [-0.05, 0) is 23.6 Å². The van der Waals surface area contributed by atoms with E-state index in [9.17, 15) is 4.79 Å². The average Bonchev–Trinajstić information content (AvgIpc) is 2.47. The molecule has 0 aliphatic carbocycles. The Kier molecular flexibility index (Phi) is 4.64. The highest BCUT2D eigenvalue weighted by Gasteiger charge is 2.03. The Balaban J connectivity index is 1.83. The Morgan fingerprint density at radius 1 is 1.11 bits per heavy atom. The van der Waals surface area contributed by atoms with Crippen LogP contribution >= 0.6 is 0 Å². The predicted molar refractivity (Wildman–Crippen MR) is 75.5 cm³/mol. The molecule has 1 heterocycles. The lowest BCUT2D eigenvalue weighted by Gasteiger charge is -2.05. The second-order valence-corrected chi connectivity index (χ2v) is 4.29. The van der Waals surface area contributed by atoms with Crippen molar-refractivity contribution in [3.63, 3.8) is 0 Å².